The molecule has 7 nitrogen and oxygen atoms in total. The van der Waals surface area contributed by atoms with E-state index in [9.17, 15) is 13.2 Å². The predicted octanol–water partition coefficient (Wildman–Crippen LogP) is 1.49. The van der Waals surface area contributed by atoms with Crippen molar-refractivity contribution in [2.24, 2.45) is 7.05 Å². The zero-order valence-electron chi connectivity index (χ0n) is 15.5. The first kappa shape index (κ1) is 21.4. The van der Waals surface area contributed by atoms with E-state index >= 15 is 0 Å². The van der Waals surface area contributed by atoms with Gasteiger partial charge in [-0.05, 0) is 19.1 Å². The highest BCUT2D eigenvalue weighted by atomic mass is 35.5. The number of nitrogens with one attached hydrogen (secondary N) is 1. The molecule has 1 amide bonds. The van der Waals surface area contributed by atoms with Crippen LogP contribution >= 0.6 is 12.4 Å². The molecule has 148 valence electrons. The average molecular weight is 413 g/mol. The van der Waals surface area contributed by atoms with Crippen LogP contribution in [0.25, 0.3) is 0 Å². The molecule has 1 aliphatic rings. The molecule has 3 rings (SSSR count). The van der Waals surface area contributed by atoms with E-state index in [1.54, 1.807) is 35.4 Å². The lowest BCUT2D eigenvalue weighted by atomic mass is 10.1. The van der Waals surface area contributed by atoms with Gasteiger partial charge in [0, 0.05) is 45.5 Å². The van der Waals surface area contributed by atoms with Crippen molar-refractivity contribution in [2.75, 3.05) is 25.4 Å². The Kier molecular flexibility index (Phi) is 7.02. The van der Waals surface area contributed by atoms with E-state index < -0.39 is 9.84 Å². The van der Waals surface area contributed by atoms with Crippen LogP contribution in [0.4, 0.5) is 0 Å². The van der Waals surface area contributed by atoms with Crippen molar-refractivity contribution >= 4 is 28.2 Å². The fraction of sp³-hybridized carbons (Fsp3) is 0.444. The molecule has 1 atom stereocenters. The first-order valence-corrected chi connectivity index (χ1v) is 10.3. The van der Waals surface area contributed by atoms with Gasteiger partial charge in [-0.3, -0.25) is 4.79 Å². The number of aryl methyl sites for hydroxylation is 2. The zero-order chi connectivity index (χ0) is 18.7. The summed E-state index contributed by atoms with van der Waals surface area (Å²) in [6, 6.07) is 6.54. The molecule has 2 aromatic rings. The predicted molar refractivity (Wildman–Crippen MR) is 106 cm³/mol. The van der Waals surface area contributed by atoms with E-state index in [2.05, 4.69) is 10.3 Å². The lowest BCUT2D eigenvalue weighted by molar-refractivity contribution is -0.134. The van der Waals surface area contributed by atoms with Gasteiger partial charge in [0.05, 0.1) is 10.6 Å². The lowest BCUT2D eigenvalue weighted by Gasteiger charge is -2.35. The van der Waals surface area contributed by atoms with E-state index in [0.717, 1.165) is 11.4 Å². The van der Waals surface area contributed by atoms with Gasteiger partial charge in [0.2, 0.25) is 5.91 Å². The first-order chi connectivity index (χ1) is 12.4. The number of hydrogen-bond acceptors (Lipinski definition) is 5. The van der Waals surface area contributed by atoms with Crippen molar-refractivity contribution in [1.82, 2.24) is 19.8 Å². The fourth-order valence-corrected chi connectivity index (χ4v) is 4.39. The second-order valence-corrected chi connectivity index (χ2v) is 8.69. The van der Waals surface area contributed by atoms with Crippen molar-refractivity contribution in [2.45, 2.75) is 24.3 Å². The Morgan fingerprint density at radius 3 is 2.63 bits per heavy atom. The van der Waals surface area contributed by atoms with Gasteiger partial charge < -0.3 is 14.8 Å². The molecule has 1 unspecified atom stereocenters. The molecule has 0 aliphatic carbocycles. The number of sulfone groups is 1. The minimum Gasteiger partial charge on any atom is -0.336 e. The van der Waals surface area contributed by atoms with Gasteiger partial charge in [0.15, 0.2) is 9.84 Å². The Morgan fingerprint density at radius 2 is 2.00 bits per heavy atom. The van der Waals surface area contributed by atoms with Crippen LogP contribution in [-0.4, -0.2) is 54.2 Å². The Morgan fingerprint density at radius 1 is 1.30 bits per heavy atom. The molecule has 2 heterocycles. The average Bonchev–Trinajstić information content (AvgIpc) is 3.06. The molecule has 0 saturated carbocycles. The molecule has 1 aromatic heterocycles. The Balaban J connectivity index is 0.00000261. The largest absolute Gasteiger partial charge is 0.336 e. The summed E-state index contributed by atoms with van der Waals surface area (Å²) in [5.41, 5.74) is 0.999. The third-order valence-electron chi connectivity index (χ3n) is 4.68. The molecule has 1 aliphatic heterocycles. The van der Waals surface area contributed by atoms with Crippen LogP contribution in [0, 0.1) is 6.92 Å². The van der Waals surface area contributed by atoms with Crippen LogP contribution in [-0.2, 0) is 21.7 Å². The number of benzene rings is 1. The topological polar surface area (TPSA) is 84.3 Å². The van der Waals surface area contributed by atoms with E-state index in [1.807, 2.05) is 24.7 Å². The normalized spacial score (nSPS) is 17.4. The molecule has 1 aromatic carbocycles. The van der Waals surface area contributed by atoms with E-state index in [-0.39, 0.29) is 41.4 Å². The summed E-state index contributed by atoms with van der Waals surface area (Å²) < 4.78 is 26.9. The smallest absolute Gasteiger partial charge is 0.224 e. The van der Waals surface area contributed by atoms with Gasteiger partial charge in [-0.15, -0.1) is 12.4 Å². The highest BCUT2D eigenvalue weighted by Crippen LogP contribution is 2.22. The number of rotatable bonds is 5. The highest BCUT2D eigenvalue weighted by Gasteiger charge is 2.31. The maximum atomic E-state index is 12.7. The van der Waals surface area contributed by atoms with Crippen molar-refractivity contribution in [3.05, 3.63) is 48.0 Å². The SMILES string of the molecule is Cc1ccc(S(=O)(=O)CCC(=O)N2CCNCC2c2nccn2C)cc1.Cl. The zero-order valence-corrected chi connectivity index (χ0v) is 17.1. The summed E-state index contributed by atoms with van der Waals surface area (Å²) in [4.78, 5) is 19.1. The van der Waals surface area contributed by atoms with Gasteiger partial charge in [0.1, 0.15) is 11.9 Å². The second kappa shape index (κ2) is 8.86. The number of carbonyl (C=O) groups is 1. The second-order valence-electron chi connectivity index (χ2n) is 6.59. The maximum absolute atomic E-state index is 12.7. The van der Waals surface area contributed by atoms with Crippen LogP contribution < -0.4 is 5.32 Å². The van der Waals surface area contributed by atoms with Crippen molar-refractivity contribution in [3.63, 3.8) is 0 Å². The molecular formula is C18H25ClN4O3S. The van der Waals surface area contributed by atoms with Crippen LogP contribution in [0.3, 0.4) is 0 Å². The third-order valence-corrected chi connectivity index (χ3v) is 6.42. The lowest BCUT2D eigenvalue weighted by Crippen LogP contribution is -2.49. The van der Waals surface area contributed by atoms with Crippen LogP contribution in [0.2, 0.25) is 0 Å². The number of halogens is 1. The summed E-state index contributed by atoms with van der Waals surface area (Å²) in [7, 11) is -1.58. The summed E-state index contributed by atoms with van der Waals surface area (Å²) in [5, 5.41) is 3.27. The molecule has 0 radical (unpaired) electrons. The van der Waals surface area contributed by atoms with Gasteiger partial charge in [-0.25, -0.2) is 13.4 Å². The molecule has 0 spiro atoms. The van der Waals surface area contributed by atoms with E-state index in [4.69, 9.17) is 0 Å². The number of hydrogen-bond donors (Lipinski definition) is 1. The number of aromatic nitrogens is 2. The highest BCUT2D eigenvalue weighted by molar-refractivity contribution is 7.91. The third kappa shape index (κ3) is 4.88. The maximum Gasteiger partial charge on any atom is 0.224 e. The van der Waals surface area contributed by atoms with Gasteiger partial charge in [-0.2, -0.15) is 0 Å². The van der Waals surface area contributed by atoms with Gasteiger partial charge >= 0.3 is 0 Å². The molecule has 1 saturated heterocycles. The van der Waals surface area contributed by atoms with Crippen molar-refractivity contribution in [1.29, 1.82) is 0 Å². The van der Waals surface area contributed by atoms with Crippen LogP contribution in [0.5, 0.6) is 0 Å². The van der Waals surface area contributed by atoms with Gasteiger partial charge in [-0.1, -0.05) is 17.7 Å². The molecule has 9 heteroatoms. The van der Waals surface area contributed by atoms with Crippen molar-refractivity contribution in [3.8, 4) is 0 Å². The Bertz CT molecular complexity index is 880. The quantitative estimate of drug-likeness (QED) is 0.804. The first-order valence-electron chi connectivity index (χ1n) is 8.65. The number of amides is 1. The van der Waals surface area contributed by atoms with Crippen LogP contribution in [0.15, 0.2) is 41.6 Å². The van der Waals surface area contributed by atoms with E-state index in [0.29, 0.717) is 19.6 Å². The molecule has 27 heavy (non-hydrogen) atoms. The number of imidazole rings is 1. The van der Waals surface area contributed by atoms with E-state index in [1.165, 1.54) is 0 Å². The number of piperazine rings is 1. The number of carbonyl (C=O) groups excluding carboxylic acids is 1. The van der Waals surface area contributed by atoms with Crippen LogP contribution in [0.1, 0.15) is 23.9 Å². The standard InChI is InChI=1S/C18H24N4O3S.ClH/c1-14-3-5-15(6-4-14)26(24,25)12-7-17(23)22-11-8-19-13-16(22)18-20-9-10-21(18)2;/h3-6,9-10,16,19H,7-8,11-13H2,1-2H3;1H. The summed E-state index contributed by atoms with van der Waals surface area (Å²) >= 11 is 0. The Hall–Kier alpha value is -1.90. The molecule has 1 fully saturated rings. The molecular weight excluding hydrogens is 388 g/mol. The minimum atomic E-state index is -3.47. The summed E-state index contributed by atoms with van der Waals surface area (Å²) in [6.07, 6.45) is 3.51. The van der Waals surface area contributed by atoms with Gasteiger partial charge in [0.25, 0.3) is 0 Å². The molecule has 1 N–H and O–H groups in total. The Labute approximate surface area is 166 Å². The summed E-state index contributed by atoms with van der Waals surface area (Å²) in [5.74, 6) is 0.452. The molecule has 0 bridgehead atoms. The van der Waals surface area contributed by atoms with Crippen molar-refractivity contribution < 1.29 is 13.2 Å². The summed E-state index contributed by atoms with van der Waals surface area (Å²) in [6.45, 7) is 3.75. The number of nitrogens with zero attached hydrogens (tertiary/aromatic N) is 3. The monoisotopic (exact) mass is 412 g/mol. The minimum absolute atomic E-state index is 0. The fourth-order valence-electron chi connectivity index (χ4n) is 3.16.